The van der Waals surface area contributed by atoms with Gasteiger partial charge in [0.2, 0.25) is 0 Å². The van der Waals surface area contributed by atoms with Crippen molar-refractivity contribution in [3.05, 3.63) is 115 Å². The molecule has 2 N–H and O–H groups in total. The van der Waals surface area contributed by atoms with Crippen LogP contribution < -0.4 is 10.5 Å². The van der Waals surface area contributed by atoms with Crippen LogP contribution in [0.3, 0.4) is 0 Å². The second-order valence-electron chi connectivity index (χ2n) is 6.15. The van der Waals surface area contributed by atoms with Crippen molar-refractivity contribution in [3.8, 4) is 16.9 Å². The number of anilines is 1. The third-order valence-electron chi connectivity index (χ3n) is 4.13. The lowest BCUT2D eigenvalue weighted by molar-refractivity contribution is 0.450. The fourth-order valence-electron chi connectivity index (χ4n) is 2.81. The van der Waals surface area contributed by atoms with Crippen LogP contribution in [0.25, 0.3) is 16.7 Å². The maximum Gasteiger partial charge on any atom is 0.150 e. The normalized spacial score (nSPS) is 11.5. The minimum absolute atomic E-state index is 0.531. The highest BCUT2D eigenvalue weighted by atomic mass is 16.5. The number of nitrogen functional groups attached to an aromatic ring is 1. The third kappa shape index (κ3) is 4.77. The van der Waals surface area contributed by atoms with E-state index in [0.29, 0.717) is 17.2 Å². The Hall–Kier alpha value is -3.52. The van der Waals surface area contributed by atoms with Crippen LogP contribution in [0.2, 0.25) is 0 Å². The minimum atomic E-state index is 0.531. The summed E-state index contributed by atoms with van der Waals surface area (Å²) >= 11 is 0. The Morgan fingerprint density at radius 2 is 1.56 bits per heavy atom. The minimum Gasteiger partial charge on any atom is -0.456 e. The number of ether oxygens (including phenoxy) is 1. The quantitative estimate of drug-likeness (QED) is 0.312. The summed E-state index contributed by atoms with van der Waals surface area (Å²) in [6.45, 7) is 6.04. The Morgan fingerprint density at radius 3 is 2.22 bits per heavy atom. The zero-order valence-electron chi connectivity index (χ0n) is 15.4. The van der Waals surface area contributed by atoms with Gasteiger partial charge in [-0.1, -0.05) is 85.5 Å². The van der Waals surface area contributed by atoms with E-state index in [1.165, 1.54) is 0 Å². The molecule has 2 nitrogen and oxygen atoms in total. The van der Waals surface area contributed by atoms with Gasteiger partial charge >= 0.3 is 0 Å². The van der Waals surface area contributed by atoms with Gasteiger partial charge < -0.3 is 10.5 Å². The summed E-state index contributed by atoms with van der Waals surface area (Å²) in [7, 11) is 0. The molecule has 0 aromatic heterocycles. The highest BCUT2D eigenvalue weighted by Crippen LogP contribution is 2.30. The Kier molecular flexibility index (Phi) is 5.91. The van der Waals surface area contributed by atoms with E-state index in [9.17, 15) is 0 Å². The van der Waals surface area contributed by atoms with E-state index in [0.717, 1.165) is 22.3 Å². The predicted octanol–water partition coefficient (Wildman–Crippen LogP) is 6.49. The van der Waals surface area contributed by atoms with Crippen LogP contribution in [0.1, 0.15) is 12.5 Å². The SMILES string of the molecule is C=C(/C=C(\C=C/C)c1ccccc1)Oc1cc(-c2ccccc2)ccc1N. The zero-order valence-corrected chi connectivity index (χ0v) is 15.4. The van der Waals surface area contributed by atoms with Crippen LogP contribution in [0.15, 0.2) is 109 Å². The fraction of sp³-hybridized carbons (Fsp3) is 0.0400. The van der Waals surface area contributed by atoms with Crippen LogP contribution >= 0.6 is 0 Å². The highest BCUT2D eigenvalue weighted by Gasteiger charge is 2.06. The van der Waals surface area contributed by atoms with Crippen LogP contribution in [0.5, 0.6) is 5.75 Å². The van der Waals surface area contributed by atoms with E-state index in [1.807, 2.05) is 79.7 Å². The molecule has 27 heavy (non-hydrogen) atoms. The van der Waals surface area contributed by atoms with Crippen molar-refractivity contribution in [1.82, 2.24) is 0 Å². The average molecular weight is 353 g/mol. The lowest BCUT2D eigenvalue weighted by Gasteiger charge is -2.12. The first-order chi connectivity index (χ1) is 13.2. The van der Waals surface area contributed by atoms with E-state index in [-0.39, 0.29) is 0 Å². The monoisotopic (exact) mass is 353 g/mol. The molecule has 3 aromatic carbocycles. The molecule has 0 bridgehead atoms. The molecule has 0 radical (unpaired) electrons. The second-order valence-corrected chi connectivity index (χ2v) is 6.15. The first-order valence-corrected chi connectivity index (χ1v) is 8.89. The maximum atomic E-state index is 6.12. The van der Waals surface area contributed by atoms with Gasteiger partial charge in [-0.05, 0) is 47.4 Å². The number of benzene rings is 3. The molecule has 0 atom stereocenters. The molecule has 0 aliphatic carbocycles. The van der Waals surface area contributed by atoms with Crippen LogP contribution in [-0.2, 0) is 0 Å². The van der Waals surface area contributed by atoms with Crippen molar-refractivity contribution < 1.29 is 4.74 Å². The maximum absolute atomic E-state index is 6.12. The zero-order chi connectivity index (χ0) is 19.1. The van der Waals surface area contributed by atoms with Gasteiger partial charge in [-0.25, -0.2) is 0 Å². The standard InChI is InChI=1S/C25H23NO/c1-3-10-22(20-11-6-4-7-12-20)17-19(2)27-25-18-23(15-16-24(25)26)21-13-8-5-9-14-21/h3-18H,2,26H2,1H3/b10-3-,22-17+. The van der Waals surface area contributed by atoms with E-state index in [2.05, 4.69) is 30.8 Å². The number of allylic oxidation sites excluding steroid dienone is 4. The number of hydrogen-bond donors (Lipinski definition) is 1. The predicted molar refractivity (Wildman–Crippen MR) is 115 cm³/mol. The van der Waals surface area contributed by atoms with E-state index in [4.69, 9.17) is 10.5 Å². The number of nitrogens with two attached hydrogens (primary N) is 1. The van der Waals surface area contributed by atoms with Gasteiger partial charge in [-0.15, -0.1) is 0 Å². The summed E-state index contributed by atoms with van der Waals surface area (Å²) in [5, 5.41) is 0. The molecular weight excluding hydrogens is 330 g/mol. The summed E-state index contributed by atoms with van der Waals surface area (Å²) in [5.41, 5.74) is 11.0. The molecule has 0 heterocycles. The Labute approximate surface area is 160 Å². The summed E-state index contributed by atoms with van der Waals surface area (Å²) in [5.74, 6) is 1.13. The molecule has 0 aliphatic rings. The summed E-state index contributed by atoms with van der Waals surface area (Å²) in [4.78, 5) is 0. The number of rotatable bonds is 6. The van der Waals surface area contributed by atoms with E-state index < -0.39 is 0 Å². The van der Waals surface area contributed by atoms with Gasteiger partial charge in [-0.3, -0.25) is 0 Å². The molecule has 134 valence electrons. The van der Waals surface area contributed by atoms with Crippen molar-refractivity contribution in [2.45, 2.75) is 6.92 Å². The van der Waals surface area contributed by atoms with Crippen LogP contribution in [0.4, 0.5) is 5.69 Å². The molecule has 0 aliphatic heterocycles. The first kappa shape index (κ1) is 18.3. The topological polar surface area (TPSA) is 35.2 Å². The highest BCUT2D eigenvalue weighted by molar-refractivity contribution is 5.76. The van der Waals surface area contributed by atoms with E-state index in [1.54, 1.807) is 0 Å². The summed E-state index contributed by atoms with van der Waals surface area (Å²) in [6.07, 6.45) is 5.95. The van der Waals surface area contributed by atoms with E-state index >= 15 is 0 Å². The molecule has 2 heteroatoms. The summed E-state index contributed by atoms with van der Waals surface area (Å²) in [6, 6.07) is 26.1. The number of hydrogen-bond acceptors (Lipinski definition) is 2. The largest absolute Gasteiger partial charge is 0.456 e. The lowest BCUT2D eigenvalue weighted by Crippen LogP contribution is -1.97. The molecule has 0 spiro atoms. The van der Waals surface area contributed by atoms with Crippen molar-refractivity contribution >= 4 is 11.3 Å². The van der Waals surface area contributed by atoms with Gasteiger partial charge in [-0.2, -0.15) is 0 Å². The molecule has 0 amide bonds. The first-order valence-electron chi connectivity index (χ1n) is 8.89. The Bertz CT molecular complexity index is 970. The van der Waals surface area contributed by atoms with Gasteiger partial charge in [0.15, 0.2) is 5.75 Å². The Balaban J connectivity index is 1.87. The van der Waals surface area contributed by atoms with Crippen molar-refractivity contribution in [2.24, 2.45) is 0 Å². The van der Waals surface area contributed by atoms with Gasteiger partial charge in [0.1, 0.15) is 5.76 Å². The van der Waals surface area contributed by atoms with Crippen LogP contribution in [-0.4, -0.2) is 0 Å². The van der Waals surface area contributed by atoms with Crippen molar-refractivity contribution in [3.63, 3.8) is 0 Å². The fourth-order valence-corrected chi connectivity index (χ4v) is 2.81. The van der Waals surface area contributed by atoms with Gasteiger partial charge in [0.05, 0.1) is 5.69 Å². The molecule has 0 saturated heterocycles. The molecule has 3 aromatic rings. The molecule has 0 saturated carbocycles. The summed E-state index contributed by atoms with van der Waals surface area (Å²) < 4.78 is 5.98. The molecular formula is C25H23NO. The van der Waals surface area contributed by atoms with Crippen molar-refractivity contribution in [2.75, 3.05) is 5.73 Å². The van der Waals surface area contributed by atoms with Crippen molar-refractivity contribution in [1.29, 1.82) is 0 Å². The molecule has 3 rings (SSSR count). The third-order valence-corrected chi connectivity index (χ3v) is 4.13. The van der Waals surface area contributed by atoms with Crippen LogP contribution in [0, 0.1) is 0 Å². The average Bonchev–Trinajstić information content (AvgIpc) is 2.70. The smallest absolute Gasteiger partial charge is 0.150 e. The second kappa shape index (κ2) is 8.72. The van der Waals surface area contributed by atoms with Gasteiger partial charge in [0, 0.05) is 0 Å². The van der Waals surface area contributed by atoms with Gasteiger partial charge in [0.25, 0.3) is 0 Å². The molecule has 0 fully saturated rings. The molecule has 0 unspecified atom stereocenters. The Morgan fingerprint density at radius 1 is 0.889 bits per heavy atom. The lowest BCUT2D eigenvalue weighted by atomic mass is 10.0.